The molecule has 1 aliphatic rings. The van der Waals surface area contributed by atoms with Crippen molar-refractivity contribution in [3.63, 3.8) is 0 Å². The standard InChI is InChI=1S/C16H16F3N3OS/c17-16(18,19)12-3-1-11(2-4-12)14(23)21-13-5-8-22(9-6-13)15-20-7-10-24-15/h1-4,7,10,13H,5-6,8-9H2,(H,21,23). The molecule has 1 amide bonds. The summed E-state index contributed by atoms with van der Waals surface area (Å²) in [6.45, 7) is 1.59. The van der Waals surface area contributed by atoms with Crippen molar-refractivity contribution in [1.82, 2.24) is 10.3 Å². The van der Waals surface area contributed by atoms with Crippen LogP contribution in [-0.4, -0.2) is 30.0 Å². The predicted molar refractivity (Wildman–Crippen MR) is 86.3 cm³/mol. The molecule has 128 valence electrons. The van der Waals surface area contributed by atoms with Crippen LogP contribution in [0.25, 0.3) is 0 Å². The zero-order valence-corrected chi connectivity index (χ0v) is 13.5. The third-order valence-corrected chi connectivity index (χ3v) is 4.83. The van der Waals surface area contributed by atoms with E-state index in [1.807, 2.05) is 5.38 Å². The fourth-order valence-electron chi connectivity index (χ4n) is 2.67. The van der Waals surface area contributed by atoms with Crippen molar-refractivity contribution in [1.29, 1.82) is 0 Å². The molecule has 0 atom stereocenters. The minimum atomic E-state index is -4.39. The highest BCUT2D eigenvalue weighted by Crippen LogP contribution is 2.29. The number of carbonyl (C=O) groups excluding carboxylic acids is 1. The summed E-state index contributed by atoms with van der Waals surface area (Å²) in [4.78, 5) is 18.6. The Balaban J connectivity index is 1.54. The quantitative estimate of drug-likeness (QED) is 0.916. The fourth-order valence-corrected chi connectivity index (χ4v) is 3.36. The molecule has 0 saturated carbocycles. The van der Waals surface area contributed by atoms with Crippen molar-refractivity contribution in [3.05, 3.63) is 47.0 Å². The molecule has 2 aromatic rings. The van der Waals surface area contributed by atoms with Crippen molar-refractivity contribution in [2.24, 2.45) is 0 Å². The van der Waals surface area contributed by atoms with Crippen molar-refractivity contribution in [2.45, 2.75) is 25.1 Å². The summed E-state index contributed by atoms with van der Waals surface area (Å²) in [6.07, 6.45) is -1.06. The maximum atomic E-state index is 12.5. The van der Waals surface area contributed by atoms with Gasteiger partial charge >= 0.3 is 6.18 Å². The fraction of sp³-hybridized carbons (Fsp3) is 0.375. The second-order valence-electron chi connectivity index (χ2n) is 5.62. The van der Waals surface area contributed by atoms with E-state index in [0.717, 1.165) is 43.2 Å². The van der Waals surface area contributed by atoms with E-state index in [1.54, 1.807) is 17.5 Å². The summed E-state index contributed by atoms with van der Waals surface area (Å²) in [5.74, 6) is -0.337. The Morgan fingerprint density at radius 3 is 2.42 bits per heavy atom. The van der Waals surface area contributed by atoms with Crippen molar-refractivity contribution in [2.75, 3.05) is 18.0 Å². The maximum absolute atomic E-state index is 12.5. The van der Waals surface area contributed by atoms with Gasteiger partial charge in [0.1, 0.15) is 0 Å². The van der Waals surface area contributed by atoms with E-state index in [2.05, 4.69) is 15.2 Å². The second-order valence-corrected chi connectivity index (χ2v) is 6.50. The van der Waals surface area contributed by atoms with E-state index in [1.165, 1.54) is 12.1 Å². The molecule has 0 bridgehead atoms. The average molecular weight is 355 g/mol. The largest absolute Gasteiger partial charge is 0.416 e. The Hall–Kier alpha value is -2.09. The van der Waals surface area contributed by atoms with Crippen molar-refractivity contribution in [3.8, 4) is 0 Å². The molecule has 3 rings (SSSR count). The lowest BCUT2D eigenvalue weighted by Crippen LogP contribution is -2.44. The number of piperidine rings is 1. The molecule has 1 saturated heterocycles. The van der Waals surface area contributed by atoms with Gasteiger partial charge in [0.25, 0.3) is 5.91 Å². The predicted octanol–water partition coefficient (Wildman–Crippen LogP) is 3.56. The molecule has 0 aliphatic carbocycles. The highest BCUT2D eigenvalue weighted by Gasteiger charge is 2.30. The summed E-state index contributed by atoms with van der Waals surface area (Å²) in [5.41, 5.74) is -0.513. The van der Waals surface area contributed by atoms with Gasteiger partial charge in [0, 0.05) is 36.3 Å². The van der Waals surface area contributed by atoms with Crippen LogP contribution in [0.4, 0.5) is 18.3 Å². The number of carbonyl (C=O) groups is 1. The first-order valence-electron chi connectivity index (χ1n) is 7.56. The summed E-state index contributed by atoms with van der Waals surface area (Å²) in [6, 6.07) is 4.31. The number of amides is 1. The van der Waals surface area contributed by atoms with E-state index in [9.17, 15) is 18.0 Å². The van der Waals surface area contributed by atoms with Gasteiger partial charge in [-0.1, -0.05) is 0 Å². The van der Waals surface area contributed by atoms with E-state index in [-0.39, 0.29) is 17.5 Å². The number of aromatic nitrogens is 1. The third-order valence-electron chi connectivity index (χ3n) is 3.99. The Bertz CT molecular complexity index is 678. The highest BCUT2D eigenvalue weighted by atomic mass is 32.1. The SMILES string of the molecule is O=C(NC1CCN(c2nccs2)CC1)c1ccc(C(F)(F)F)cc1. The molecule has 1 aromatic carbocycles. The van der Waals surface area contributed by atoms with Crippen LogP contribution >= 0.6 is 11.3 Å². The number of halogens is 3. The molecular formula is C16H16F3N3OS. The lowest BCUT2D eigenvalue weighted by atomic mass is 10.0. The number of hydrogen-bond donors (Lipinski definition) is 1. The van der Waals surface area contributed by atoms with E-state index >= 15 is 0 Å². The summed E-state index contributed by atoms with van der Waals surface area (Å²) in [5, 5.41) is 5.79. The zero-order valence-electron chi connectivity index (χ0n) is 12.7. The topological polar surface area (TPSA) is 45.2 Å². The summed E-state index contributed by atoms with van der Waals surface area (Å²) < 4.78 is 37.6. The minimum absolute atomic E-state index is 0.0241. The Morgan fingerprint density at radius 2 is 1.88 bits per heavy atom. The van der Waals surface area contributed by atoms with Crippen LogP contribution in [0.3, 0.4) is 0 Å². The third kappa shape index (κ3) is 3.87. The molecule has 0 radical (unpaired) electrons. The lowest BCUT2D eigenvalue weighted by Gasteiger charge is -2.32. The van der Waals surface area contributed by atoms with Gasteiger partial charge < -0.3 is 10.2 Å². The summed E-state index contributed by atoms with van der Waals surface area (Å²) in [7, 11) is 0. The van der Waals surface area contributed by atoms with Gasteiger partial charge in [0.15, 0.2) is 5.13 Å². The van der Waals surface area contributed by atoms with Gasteiger partial charge in [-0.15, -0.1) is 11.3 Å². The normalized spacial score (nSPS) is 16.2. The van der Waals surface area contributed by atoms with Crippen molar-refractivity contribution >= 4 is 22.4 Å². The number of rotatable bonds is 3. The molecule has 1 fully saturated rings. The second kappa shape index (κ2) is 6.80. The number of benzene rings is 1. The van der Waals surface area contributed by atoms with Gasteiger partial charge in [0.05, 0.1) is 5.56 Å². The van der Waals surface area contributed by atoms with Crippen molar-refractivity contribution < 1.29 is 18.0 Å². The molecule has 1 N–H and O–H groups in total. The summed E-state index contributed by atoms with van der Waals surface area (Å²) >= 11 is 1.58. The van der Waals surface area contributed by atoms with Crippen LogP contribution in [0.1, 0.15) is 28.8 Å². The van der Waals surface area contributed by atoms with Gasteiger partial charge in [-0.25, -0.2) is 4.98 Å². The molecule has 24 heavy (non-hydrogen) atoms. The monoisotopic (exact) mass is 355 g/mol. The molecule has 1 aromatic heterocycles. The minimum Gasteiger partial charge on any atom is -0.349 e. The first kappa shape index (κ1) is 16.8. The highest BCUT2D eigenvalue weighted by molar-refractivity contribution is 7.13. The van der Waals surface area contributed by atoms with Crippen LogP contribution in [0.5, 0.6) is 0 Å². The average Bonchev–Trinajstić information content (AvgIpc) is 3.09. The molecule has 0 unspecified atom stereocenters. The van der Waals surface area contributed by atoms with Crippen LogP contribution in [0, 0.1) is 0 Å². The molecular weight excluding hydrogens is 339 g/mol. The number of hydrogen-bond acceptors (Lipinski definition) is 4. The Kier molecular flexibility index (Phi) is 4.75. The van der Waals surface area contributed by atoms with Gasteiger partial charge in [0.2, 0.25) is 0 Å². The van der Waals surface area contributed by atoms with Crippen LogP contribution in [-0.2, 0) is 6.18 Å². The van der Waals surface area contributed by atoms with Crippen LogP contribution < -0.4 is 10.2 Å². The maximum Gasteiger partial charge on any atom is 0.416 e. The molecule has 2 heterocycles. The Labute approximate surface area is 141 Å². The number of alkyl halides is 3. The van der Waals surface area contributed by atoms with E-state index in [4.69, 9.17) is 0 Å². The first-order chi connectivity index (χ1) is 11.4. The van der Waals surface area contributed by atoms with E-state index < -0.39 is 11.7 Å². The number of anilines is 1. The van der Waals surface area contributed by atoms with Gasteiger partial charge in [-0.2, -0.15) is 13.2 Å². The van der Waals surface area contributed by atoms with E-state index in [0.29, 0.717) is 0 Å². The van der Waals surface area contributed by atoms with Crippen LogP contribution in [0.15, 0.2) is 35.8 Å². The number of nitrogens with one attached hydrogen (secondary N) is 1. The lowest BCUT2D eigenvalue weighted by molar-refractivity contribution is -0.137. The first-order valence-corrected chi connectivity index (χ1v) is 8.44. The molecule has 0 spiro atoms. The number of thiazole rings is 1. The van der Waals surface area contributed by atoms with Crippen LogP contribution in [0.2, 0.25) is 0 Å². The molecule has 4 nitrogen and oxygen atoms in total. The number of nitrogens with zero attached hydrogens (tertiary/aromatic N) is 2. The Morgan fingerprint density at radius 1 is 1.21 bits per heavy atom. The van der Waals surface area contributed by atoms with Gasteiger partial charge in [-0.3, -0.25) is 4.79 Å². The smallest absolute Gasteiger partial charge is 0.349 e. The molecule has 1 aliphatic heterocycles. The zero-order chi connectivity index (χ0) is 17.2. The molecule has 8 heteroatoms. The van der Waals surface area contributed by atoms with Gasteiger partial charge in [-0.05, 0) is 37.1 Å².